The Morgan fingerprint density at radius 1 is 1.56 bits per heavy atom. The van der Waals surface area contributed by atoms with E-state index in [1.807, 2.05) is 25.1 Å². The van der Waals surface area contributed by atoms with Gasteiger partial charge < -0.3 is 10.2 Å². The minimum absolute atomic E-state index is 0.283. The van der Waals surface area contributed by atoms with Crippen molar-refractivity contribution in [1.29, 1.82) is 0 Å². The van der Waals surface area contributed by atoms with Crippen LogP contribution in [0.5, 0.6) is 0 Å². The molecule has 0 radical (unpaired) electrons. The van der Waals surface area contributed by atoms with Crippen LogP contribution in [0.25, 0.3) is 0 Å². The molecule has 0 bridgehead atoms. The maximum Gasteiger partial charge on any atom is 0.226 e. The standard InChI is InChI=1S/C10H16N4OS/c1-14(2)10-11-5-3-9(13-10)12-8-4-6-16(15)7-8/h3,5,8H,4,6-7H2,1-2H3,(H,11,12,13). The molecule has 5 nitrogen and oxygen atoms in total. The first-order chi connectivity index (χ1) is 7.65. The minimum atomic E-state index is -0.657. The van der Waals surface area contributed by atoms with Gasteiger partial charge in [0.2, 0.25) is 5.95 Å². The highest BCUT2D eigenvalue weighted by Gasteiger charge is 2.21. The highest BCUT2D eigenvalue weighted by molar-refractivity contribution is 7.85. The van der Waals surface area contributed by atoms with Crippen LogP contribution in [-0.4, -0.2) is 45.8 Å². The molecule has 0 spiro atoms. The van der Waals surface area contributed by atoms with E-state index in [1.54, 1.807) is 6.20 Å². The second-order valence-electron chi connectivity index (χ2n) is 4.08. The van der Waals surface area contributed by atoms with E-state index in [0.29, 0.717) is 5.95 Å². The Kier molecular flexibility index (Phi) is 3.38. The van der Waals surface area contributed by atoms with Crippen LogP contribution >= 0.6 is 0 Å². The van der Waals surface area contributed by atoms with Crippen molar-refractivity contribution < 1.29 is 4.21 Å². The van der Waals surface area contributed by atoms with E-state index in [9.17, 15) is 4.21 Å². The van der Waals surface area contributed by atoms with Crippen molar-refractivity contribution in [1.82, 2.24) is 9.97 Å². The number of aromatic nitrogens is 2. The van der Waals surface area contributed by atoms with Gasteiger partial charge in [0, 0.05) is 48.6 Å². The maximum absolute atomic E-state index is 11.2. The van der Waals surface area contributed by atoms with E-state index < -0.39 is 10.8 Å². The van der Waals surface area contributed by atoms with Gasteiger partial charge in [0.05, 0.1) is 0 Å². The van der Waals surface area contributed by atoms with Crippen LogP contribution < -0.4 is 10.2 Å². The van der Waals surface area contributed by atoms with E-state index in [2.05, 4.69) is 15.3 Å². The molecule has 1 N–H and O–H groups in total. The molecular weight excluding hydrogens is 224 g/mol. The second-order valence-corrected chi connectivity index (χ2v) is 5.70. The zero-order valence-corrected chi connectivity index (χ0v) is 10.3. The fraction of sp³-hybridized carbons (Fsp3) is 0.600. The van der Waals surface area contributed by atoms with Gasteiger partial charge in [0.15, 0.2) is 0 Å². The molecule has 0 aliphatic carbocycles. The third kappa shape index (κ3) is 2.69. The Morgan fingerprint density at radius 2 is 2.38 bits per heavy atom. The molecule has 16 heavy (non-hydrogen) atoms. The summed E-state index contributed by atoms with van der Waals surface area (Å²) in [6.45, 7) is 0. The number of hydrogen-bond acceptors (Lipinski definition) is 5. The Bertz CT molecular complexity index is 396. The van der Waals surface area contributed by atoms with Gasteiger partial charge in [0.1, 0.15) is 5.82 Å². The number of anilines is 2. The van der Waals surface area contributed by atoms with Crippen molar-refractivity contribution in [3.05, 3.63) is 12.3 Å². The zero-order chi connectivity index (χ0) is 11.5. The Hall–Kier alpha value is -1.17. The average Bonchev–Trinajstić information content (AvgIpc) is 2.64. The van der Waals surface area contributed by atoms with Gasteiger partial charge in [-0.3, -0.25) is 4.21 Å². The van der Waals surface area contributed by atoms with Crippen molar-refractivity contribution in [3.63, 3.8) is 0 Å². The van der Waals surface area contributed by atoms with Crippen LogP contribution in [0.2, 0.25) is 0 Å². The van der Waals surface area contributed by atoms with Crippen LogP contribution in [0, 0.1) is 0 Å². The molecule has 2 unspecified atom stereocenters. The average molecular weight is 240 g/mol. The summed E-state index contributed by atoms with van der Waals surface area (Å²) in [5.41, 5.74) is 0. The Labute approximate surface area is 97.7 Å². The van der Waals surface area contributed by atoms with Crippen LogP contribution in [0.4, 0.5) is 11.8 Å². The summed E-state index contributed by atoms with van der Waals surface area (Å²) in [5.74, 6) is 3.01. The second kappa shape index (κ2) is 4.78. The van der Waals surface area contributed by atoms with Gasteiger partial charge in [0.25, 0.3) is 0 Å². The fourth-order valence-electron chi connectivity index (χ4n) is 1.63. The number of nitrogens with zero attached hydrogens (tertiary/aromatic N) is 3. The van der Waals surface area contributed by atoms with Gasteiger partial charge in [-0.15, -0.1) is 0 Å². The molecule has 1 aliphatic heterocycles. The first kappa shape index (κ1) is 11.3. The largest absolute Gasteiger partial charge is 0.366 e. The van der Waals surface area contributed by atoms with Gasteiger partial charge in [-0.1, -0.05) is 0 Å². The first-order valence-corrected chi connectivity index (χ1v) is 6.76. The third-order valence-corrected chi connectivity index (χ3v) is 3.94. The predicted octanol–water partition coefficient (Wildman–Crippen LogP) is 0.475. The molecule has 88 valence electrons. The molecule has 1 fully saturated rings. The molecule has 1 saturated heterocycles. The number of rotatable bonds is 3. The van der Waals surface area contributed by atoms with E-state index in [1.165, 1.54) is 0 Å². The molecular formula is C10H16N4OS. The molecule has 6 heteroatoms. The number of hydrogen-bond donors (Lipinski definition) is 1. The highest BCUT2D eigenvalue weighted by Crippen LogP contribution is 2.14. The Balaban J connectivity index is 2.04. The SMILES string of the molecule is CN(C)c1nccc(NC2CCS(=O)C2)n1. The normalized spacial score (nSPS) is 24.4. The summed E-state index contributed by atoms with van der Waals surface area (Å²) < 4.78 is 11.2. The lowest BCUT2D eigenvalue weighted by atomic mass is 10.2. The number of nitrogens with one attached hydrogen (secondary N) is 1. The van der Waals surface area contributed by atoms with Crippen molar-refractivity contribution in [2.45, 2.75) is 12.5 Å². The summed E-state index contributed by atoms with van der Waals surface area (Å²) in [5, 5.41) is 3.30. The highest BCUT2D eigenvalue weighted by atomic mass is 32.2. The molecule has 1 aromatic heterocycles. The van der Waals surface area contributed by atoms with Crippen LogP contribution in [0.1, 0.15) is 6.42 Å². The summed E-state index contributed by atoms with van der Waals surface area (Å²) in [4.78, 5) is 10.4. The van der Waals surface area contributed by atoms with Gasteiger partial charge in [-0.05, 0) is 12.5 Å². The smallest absolute Gasteiger partial charge is 0.226 e. The van der Waals surface area contributed by atoms with E-state index in [0.717, 1.165) is 23.7 Å². The lowest BCUT2D eigenvalue weighted by Crippen LogP contribution is -2.21. The molecule has 2 heterocycles. The molecule has 0 saturated carbocycles. The molecule has 2 atom stereocenters. The van der Waals surface area contributed by atoms with Gasteiger partial charge in [-0.25, -0.2) is 4.98 Å². The summed E-state index contributed by atoms with van der Waals surface area (Å²) in [6.07, 6.45) is 2.69. The summed E-state index contributed by atoms with van der Waals surface area (Å²) in [6, 6.07) is 2.12. The van der Waals surface area contributed by atoms with Crippen LogP contribution in [0.3, 0.4) is 0 Å². The third-order valence-electron chi connectivity index (χ3n) is 2.48. The van der Waals surface area contributed by atoms with Crippen molar-refractivity contribution in [2.75, 3.05) is 35.8 Å². The zero-order valence-electron chi connectivity index (χ0n) is 9.51. The first-order valence-electron chi connectivity index (χ1n) is 5.27. The van der Waals surface area contributed by atoms with Crippen molar-refractivity contribution in [3.8, 4) is 0 Å². The Morgan fingerprint density at radius 3 is 3.00 bits per heavy atom. The molecule has 0 aromatic carbocycles. The molecule has 1 aliphatic rings. The minimum Gasteiger partial charge on any atom is -0.366 e. The summed E-state index contributed by atoms with van der Waals surface area (Å²) >= 11 is 0. The van der Waals surface area contributed by atoms with Gasteiger partial charge >= 0.3 is 0 Å². The van der Waals surface area contributed by atoms with Crippen LogP contribution in [-0.2, 0) is 10.8 Å². The van der Waals surface area contributed by atoms with Crippen molar-refractivity contribution in [2.24, 2.45) is 0 Å². The van der Waals surface area contributed by atoms with Crippen LogP contribution in [0.15, 0.2) is 12.3 Å². The molecule has 2 rings (SSSR count). The molecule has 0 amide bonds. The summed E-state index contributed by atoms with van der Waals surface area (Å²) in [7, 11) is 3.16. The van der Waals surface area contributed by atoms with Gasteiger partial charge in [-0.2, -0.15) is 4.98 Å². The predicted molar refractivity (Wildman–Crippen MR) is 66.3 cm³/mol. The fourth-order valence-corrected chi connectivity index (χ4v) is 3.04. The van der Waals surface area contributed by atoms with E-state index >= 15 is 0 Å². The lowest BCUT2D eigenvalue weighted by molar-refractivity contribution is 0.686. The monoisotopic (exact) mass is 240 g/mol. The quantitative estimate of drug-likeness (QED) is 0.832. The topological polar surface area (TPSA) is 58.1 Å². The van der Waals surface area contributed by atoms with E-state index in [4.69, 9.17) is 0 Å². The van der Waals surface area contributed by atoms with Crippen molar-refractivity contribution >= 4 is 22.6 Å². The van der Waals surface area contributed by atoms with E-state index in [-0.39, 0.29) is 6.04 Å². The lowest BCUT2D eigenvalue weighted by Gasteiger charge is -2.14. The molecule has 1 aromatic rings. The maximum atomic E-state index is 11.2.